The van der Waals surface area contributed by atoms with Gasteiger partial charge in [-0.25, -0.2) is 9.97 Å². The number of aromatic nitrogens is 2. The molecule has 0 bridgehead atoms. The van der Waals surface area contributed by atoms with E-state index < -0.39 is 0 Å². The Hall–Kier alpha value is -2.79. The van der Waals surface area contributed by atoms with E-state index >= 15 is 0 Å². The van der Waals surface area contributed by atoms with E-state index in [2.05, 4.69) is 51.8 Å². The Kier molecular flexibility index (Phi) is 9.85. The van der Waals surface area contributed by atoms with Crippen molar-refractivity contribution in [3.05, 3.63) is 47.4 Å². The first-order valence-electron chi connectivity index (χ1n) is 14.6. The van der Waals surface area contributed by atoms with Crippen LogP contribution >= 0.6 is 0 Å². The Bertz CT molecular complexity index is 1110. The van der Waals surface area contributed by atoms with Crippen LogP contribution < -0.4 is 15.4 Å². The zero-order chi connectivity index (χ0) is 27.9. The number of ether oxygens (including phenoxy) is 4. The zero-order valence-corrected chi connectivity index (χ0v) is 23.9. The number of carbonyl (C=O) groups excluding carboxylic acids is 1. The van der Waals surface area contributed by atoms with E-state index in [-0.39, 0.29) is 36.0 Å². The summed E-state index contributed by atoms with van der Waals surface area (Å²) in [6.45, 7) is 5.36. The summed E-state index contributed by atoms with van der Waals surface area (Å²) in [6, 6.07) is 9.19. The van der Waals surface area contributed by atoms with E-state index in [0.717, 1.165) is 45.1 Å². The molecular weight excluding hydrogens is 510 g/mol. The second kappa shape index (κ2) is 13.7. The predicted molar refractivity (Wildman–Crippen MR) is 152 cm³/mol. The minimum Gasteiger partial charge on any atom is -0.491 e. The van der Waals surface area contributed by atoms with E-state index in [1.165, 1.54) is 17.5 Å². The molecule has 0 aliphatic carbocycles. The van der Waals surface area contributed by atoms with Crippen molar-refractivity contribution in [2.45, 2.75) is 75.8 Å². The number of piperidine rings is 1. The summed E-state index contributed by atoms with van der Waals surface area (Å²) >= 11 is 0. The number of rotatable bonds is 9. The number of amides is 1. The number of carbonyl (C=O) groups is 1. The molecule has 40 heavy (non-hydrogen) atoms. The Morgan fingerprint density at radius 1 is 1.07 bits per heavy atom. The van der Waals surface area contributed by atoms with Gasteiger partial charge in [-0.1, -0.05) is 29.8 Å². The monoisotopic (exact) mass is 553 g/mol. The minimum atomic E-state index is -0.130. The highest BCUT2D eigenvalue weighted by atomic mass is 16.5. The quantitative estimate of drug-likeness (QED) is 0.482. The second-order valence-corrected chi connectivity index (χ2v) is 11.1. The molecule has 1 aromatic carbocycles. The maximum absolute atomic E-state index is 13.5. The lowest BCUT2D eigenvalue weighted by atomic mass is 9.97. The number of methoxy groups -OCH3 is 2. The van der Waals surface area contributed by atoms with Crippen LogP contribution in [0.2, 0.25) is 0 Å². The van der Waals surface area contributed by atoms with Gasteiger partial charge in [-0.3, -0.25) is 4.79 Å². The molecule has 2 aromatic rings. The molecule has 5 rings (SSSR count). The van der Waals surface area contributed by atoms with Crippen LogP contribution in [0, 0.1) is 6.92 Å². The maximum atomic E-state index is 13.5. The number of aryl methyl sites for hydroxylation is 1. The number of hydrogen-bond acceptors (Lipinski definition) is 9. The molecule has 4 atom stereocenters. The van der Waals surface area contributed by atoms with Crippen LogP contribution in [0.3, 0.4) is 0 Å². The molecule has 218 valence electrons. The molecule has 1 aromatic heterocycles. The third-order valence-electron chi connectivity index (χ3n) is 8.34. The van der Waals surface area contributed by atoms with Gasteiger partial charge in [-0.05, 0) is 51.0 Å². The average molecular weight is 554 g/mol. The lowest BCUT2D eigenvalue weighted by Crippen LogP contribution is -2.54. The third kappa shape index (κ3) is 6.91. The Balaban J connectivity index is 1.16. The Morgan fingerprint density at radius 3 is 2.62 bits per heavy atom. The van der Waals surface area contributed by atoms with Crippen molar-refractivity contribution >= 4 is 11.7 Å². The van der Waals surface area contributed by atoms with Crippen molar-refractivity contribution in [3.63, 3.8) is 0 Å². The van der Waals surface area contributed by atoms with Crippen molar-refractivity contribution in [2.75, 3.05) is 52.4 Å². The lowest BCUT2D eigenvalue weighted by molar-refractivity contribution is -0.0533. The van der Waals surface area contributed by atoms with Crippen LogP contribution in [-0.4, -0.2) is 92.1 Å². The van der Waals surface area contributed by atoms with Gasteiger partial charge in [0.15, 0.2) is 17.3 Å². The van der Waals surface area contributed by atoms with Crippen LogP contribution in [0.15, 0.2) is 30.6 Å². The fraction of sp³-hybridized carbons (Fsp3) is 0.633. The summed E-state index contributed by atoms with van der Waals surface area (Å²) in [5.41, 5.74) is 2.75. The number of likely N-dealkylation sites (tertiary alicyclic amines) is 1. The predicted octanol–water partition coefficient (Wildman–Crippen LogP) is 3.51. The first-order valence-corrected chi connectivity index (χ1v) is 14.6. The summed E-state index contributed by atoms with van der Waals surface area (Å²) < 4.78 is 23.2. The van der Waals surface area contributed by atoms with Gasteiger partial charge in [0.25, 0.3) is 5.91 Å². The van der Waals surface area contributed by atoms with Gasteiger partial charge in [0.1, 0.15) is 6.33 Å². The van der Waals surface area contributed by atoms with Crippen LogP contribution in [0.25, 0.3) is 0 Å². The van der Waals surface area contributed by atoms with Crippen molar-refractivity contribution in [1.29, 1.82) is 0 Å². The molecule has 3 saturated heterocycles. The van der Waals surface area contributed by atoms with E-state index in [0.29, 0.717) is 43.9 Å². The summed E-state index contributed by atoms with van der Waals surface area (Å²) in [5.74, 6) is 0.766. The van der Waals surface area contributed by atoms with Crippen LogP contribution in [-0.2, 0) is 14.2 Å². The zero-order valence-electron chi connectivity index (χ0n) is 23.9. The lowest BCUT2D eigenvalue weighted by Gasteiger charge is -2.38. The number of nitrogens with one attached hydrogen (secondary N) is 2. The molecule has 10 heteroatoms. The minimum absolute atomic E-state index is 0.0406. The van der Waals surface area contributed by atoms with Crippen LogP contribution in [0.5, 0.6) is 5.75 Å². The topological polar surface area (TPSA) is 107 Å². The van der Waals surface area contributed by atoms with Gasteiger partial charge in [-0.15, -0.1) is 0 Å². The number of hydrogen-bond donors (Lipinski definition) is 2. The molecule has 0 unspecified atom stereocenters. The highest BCUT2D eigenvalue weighted by molar-refractivity contribution is 5.96. The number of nitrogens with zero attached hydrogens (tertiary/aromatic N) is 3. The fourth-order valence-electron chi connectivity index (χ4n) is 5.97. The first-order chi connectivity index (χ1) is 19.6. The summed E-state index contributed by atoms with van der Waals surface area (Å²) in [4.78, 5) is 24.1. The number of benzene rings is 1. The van der Waals surface area contributed by atoms with Gasteiger partial charge in [0.05, 0.1) is 32.0 Å². The highest BCUT2D eigenvalue weighted by Gasteiger charge is 2.32. The van der Waals surface area contributed by atoms with Gasteiger partial charge >= 0.3 is 0 Å². The highest BCUT2D eigenvalue weighted by Crippen LogP contribution is 2.32. The summed E-state index contributed by atoms with van der Waals surface area (Å²) in [6.07, 6.45) is 7.40. The molecule has 0 radical (unpaired) electrons. The average Bonchev–Trinajstić information content (AvgIpc) is 3.00. The Morgan fingerprint density at radius 2 is 1.88 bits per heavy atom. The molecule has 4 heterocycles. The molecule has 3 aliphatic rings. The normalized spacial score (nSPS) is 25.9. The third-order valence-corrected chi connectivity index (χ3v) is 8.34. The first kappa shape index (κ1) is 28.7. The number of anilines is 1. The smallest absolute Gasteiger partial charge is 0.276 e. The summed E-state index contributed by atoms with van der Waals surface area (Å²) in [5, 5.41) is 7.11. The standard InChI is InChI=1S/C30H43N5O5/c1-20-7-9-21(10-8-20)25-6-4-5-23(40-25)17-31-29-28(38-3)27(32-19-33-29)30(36)35-14-11-22(12-15-35)34-24-13-16-39-18-26(24)37-2/h7-10,19,22-26,34H,4-6,11-18H2,1-3H3,(H,31,32,33)/t23-,24+,25+,26-/m1/s1. The van der Waals surface area contributed by atoms with E-state index in [1.54, 1.807) is 14.2 Å². The van der Waals surface area contributed by atoms with Crippen molar-refractivity contribution in [1.82, 2.24) is 20.2 Å². The van der Waals surface area contributed by atoms with Crippen molar-refractivity contribution in [3.8, 4) is 5.75 Å². The Labute approximate surface area is 237 Å². The van der Waals surface area contributed by atoms with E-state index in [4.69, 9.17) is 18.9 Å². The molecule has 0 spiro atoms. The SMILES string of the molecule is COc1c(NC[C@H]2CCC[C@@H](c3ccc(C)cc3)O2)ncnc1C(=O)N1CCC(N[C@H]2CCOC[C@H]2OC)CC1. The van der Waals surface area contributed by atoms with Gasteiger partial charge in [0, 0.05) is 45.4 Å². The van der Waals surface area contributed by atoms with Gasteiger partial charge < -0.3 is 34.5 Å². The van der Waals surface area contributed by atoms with Crippen molar-refractivity contribution in [2.24, 2.45) is 0 Å². The molecule has 3 aliphatic heterocycles. The molecular formula is C30H43N5O5. The molecule has 1 amide bonds. The maximum Gasteiger partial charge on any atom is 0.276 e. The van der Waals surface area contributed by atoms with Gasteiger partial charge in [0.2, 0.25) is 0 Å². The van der Waals surface area contributed by atoms with Gasteiger partial charge in [-0.2, -0.15) is 0 Å². The second-order valence-electron chi connectivity index (χ2n) is 11.1. The largest absolute Gasteiger partial charge is 0.491 e. The molecule has 3 fully saturated rings. The molecule has 2 N–H and O–H groups in total. The van der Waals surface area contributed by atoms with E-state index in [9.17, 15) is 4.79 Å². The van der Waals surface area contributed by atoms with Crippen molar-refractivity contribution < 1.29 is 23.7 Å². The summed E-state index contributed by atoms with van der Waals surface area (Å²) in [7, 11) is 3.29. The van der Waals surface area contributed by atoms with E-state index in [1.807, 2.05) is 4.90 Å². The van der Waals surface area contributed by atoms with Crippen LogP contribution in [0.1, 0.15) is 66.2 Å². The molecule has 10 nitrogen and oxygen atoms in total. The fourth-order valence-corrected chi connectivity index (χ4v) is 5.97. The van der Waals surface area contributed by atoms with Crippen LogP contribution in [0.4, 0.5) is 5.82 Å². The molecule has 0 saturated carbocycles.